The van der Waals surface area contributed by atoms with E-state index >= 15 is 0 Å². The molecule has 0 saturated carbocycles. The number of carboxylic acid groups (broad SMARTS) is 1. The van der Waals surface area contributed by atoms with Crippen LogP contribution >= 0.6 is 0 Å². The maximum absolute atomic E-state index is 12.3. The van der Waals surface area contributed by atoms with Gasteiger partial charge in [-0.15, -0.1) is 0 Å². The highest BCUT2D eigenvalue weighted by Crippen LogP contribution is 2.42. The molecule has 1 heterocycles. The molecule has 5 nitrogen and oxygen atoms in total. The highest BCUT2D eigenvalue weighted by Gasteiger charge is 2.49. The molecule has 1 aliphatic heterocycles. The summed E-state index contributed by atoms with van der Waals surface area (Å²) in [5, 5.41) is 10.1. The van der Waals surface area contributed by atoms with Gasteiger partial charge in [0.1, 0.15) is 0 Å². The monoisotopic (exact) mass is 525 g/mol. The second-order valence-electron chi connectivity index (χ2n) is 12.5. The molecule has 1 aliphatic rings. The third-order valence-electron chi connectivity index (χ3n) is 8.06. The fourth-order valence-electron chi connectivity index (χ4n) is 5.07. The first-order valence-electron chi connectivity index (χ1n) is 13.7. The number of aliphatic carboxylic acids is 1. The lowest BCUT2D eigenvalue weighted by atomic mass is 9.85. The molecule has 3 rings (SSSR count). The van der Waals surface area contributed by atoms with Crippen LogP contribution in [0, 0.1) is 11.8 Å². The van der Waals surface area contributed by atoms with Crippen LogP contribution in [0.4, 0.5) is 0 Å². The van der Waals surface area contributed by atoms with Crippen LogP contribution in [-0.4, -0.2) is 49.1 Å². The number of rotatable bonds is 12. The van der Waals surface area contributed by atoms with Gasteiger partial charge < -0.3 is 14.3 Å². The van der Waals surface area contributed by atoms with Crippen LogP contribution < -0.4 is 0 Å². The van der Waals surface area contributed by atoms with E-state index < -0.39 is 20.4 Å². The van der Waals surface area contributed by atoms with Gasteiger partial charge in [-0.25, -0.2) is 4.79 Å². The molecule has 1 saturated heterocycles. The van der Waals surface area contributed by atoms with Crippen LogP contribution in [0.3, 0.4) is 0 Å². The maximum Gasteiger partial charge on any atom is 0.333 e. The van der Waals surface area contributed by atoms with Gasteiger partial charge in [-0.3, -0.25) is 4.90 Å². The van der Waals surface area contributed by atoms with Crippen LogP contribution in [-0.2, 0) is 27.0 Å². The second kappa shape index (κ2) is 12.7. The lowest BCUT2D eigenvalue weighted by Crippen LogP contribution is -2.56. The summed E-state index contributed by atoms with van der Waals surface area (Å²) in [6, 6.07) is 21.2. The third kappa shape index (κ3) is 8.00. The molecule has 37 heavy (non-hydrogen) atoms. The Balaban J connectivity index is 2.10. The molecule has 6 heteroatoms. The Morgan fingerprint density at radius 2 is 1.54 bits per heavy atom. The predicted molar refractivity (Wildman–Crippen MR) is 153 cm³/mol. The van der Waals surface area contributed by atoms with Gasteiger partial charge in [0.2, 0.25) is 0 Å². The number of ether oxygens (including phenoxy) is 1. The normalized spacial score (nSPS) is 20.4. The summed E-state index contributed by atoms with van der Waals surface area (Å²) in [7, 11) is -2.22. The summed E-state index contributed by atoms with van der Waals surface area (Å²) in [6.07, 6.45) is 0.552. The van der Waals surface area contributed by atoms with Crippen molar-refractivity contribution in [2.45, 2.75) is 96.9 Å². The molecule has 1 fully saturated rings. The summed E-state index contributed by atoms with van der Waals surface area (Å²) in [5.41, 5.74) is 2.49. The Bertz CT molecular complexity index is 932. The molecule has 0 aliphatic carbocycles. The highest BCUT2D eigenvalue weighted by molar-refractivity contribution is 6.74. The van der Waals surface area contributed by atoms with E-state index in [2.05, 4.69) is 101 Å². The SMILES string of the molecule is CC(C)C[C@@H]([C@@H](O[Si](C)(C)C(C)(C)C)[C@@H]1CCO[C@H]1C(=O)O)N(Cc1ccccc1)Cc1ccccc1. The zero-order valence-electron chi connectivity index (χ0n) is 23.8. The fraction of sp³-hybridized carbons (Fsp3) is 0.581. The lowest BCUT2D eigenvalue weighted by molar-refractivity contribution is -0.152. The van der Waals surface area contributed by atoms with E-state index in [0.29, 0.717) is 18.9 Å². The first-order valence-corrected chi connectivity index (χ1v) is 16.6. The largest absolute Gasteiger partial charge is 0.479 e. The van der Waals surface area contributed by atoms with E-state index in [1.165, 1.54) is 11.1 Å². The average molecular weight is 526 g/mol. The maximum atomic E-state index is 12.3. The van der Waals surface area contributed by atoms with E-state index in [1.54, 1.807) is 0 Å². The topological polar surface area (TPSA) is 59.0 Å². The van der Waals surface area contributed by atoms with Crippen molar-refractivity contribution in [1.82, 2.24) is 4.90 Å². The summed E-state index contributed by atoms with van der Waals surface area (Å²) in [4.78, 5) is 14.8. The first kappa shape index (κ1) is 29.6. The summed E-state index contributed by atoms with van der Waals surface area (Å²) >= 11 is 0. The Labute approximate surface area is 225 Å². The van der Waals surface area contributed by atoms with Gasteiger partial charge in [0, 0.05) is 31.7 Å². The molecule has 1 N–H and O–H groups in total. The van der Waals surface area contributed by atoms with Gasteiger partial charge >= 0.3 is 5.97 Å². The van der Waals surface area contributed by atoms with Crippen LogP contribution in [0.25, 0.3) is 0 Å². The zero-order valence-corrected chi connectivity index (χ0v) is 24.8. The number of benzene rings is 2. The van der Waals surface area contributed by atoms with Gasteiger partial charge in [-0.2, -0.15) is 0 Å². The molecule has 0 aromatic heterocycles. The minimum absolute atomic E-state index is 0.00943. The van der Waals surface area contributed by atoms with Gasteiger partial charge in [-0.05, 0) is 48.0 Å². The number of carbonyl (C=O) groups is 1. The van der Waals surface area contributed by atoms with Crippen molar-refractivity contribution < 1.29 is 19.1 Å². The zero-order chi connectivity index (χ0) is 27.2. The minimum Gasteiger partial charge on any atom is -0.479 e. The van der Waals surface area contributed by atoms with Crippen molar-refractivity contribution in [3.63, 3.8) is 0 Å². The Hall–Kier alpha value is -1.99. The summed E-state index contributed by atoms with van der Waals surface area (Å²) < 4.78 is 13.0. The molecule has 0 radical (unpaired) electrons. The number of carboxylic acids is 1. The van der Waals surface area contributed by atoms with E-state index in [0.717, 1.165) is 19.5 Å². The molecule has 2 aromatic carbocycles. The van der Waals surface area contributed by atoms with E-state index in [-0.39, 0.29) is 23.1 Å². The quantitative estimate of drug-likeness (QED) is 0.303. The van der Waals surface area contributed by atoms with Crippen LogP contribution in [0.5, 0.6) is 0 Å². The second-order valence-corrected chi connectivity index (χ2v) is 17.3. The molecule has 2 aromatic rings. The van der Waals surface area contributed by atoms with Gasteiger partial charge in [-0.1, -0.05) is 95.3 Å². The smallest absolute Gasteiger partial charge is 0.333 e. The fourth-order valence-corrected chi connectivity index (χ4v) is 6.43. The van der Waals surface area contributed by atoms with Crippen molar-refractivity contribution in [3.8, 4) is 0 Å². The molecule has 0 unspecified atom stereocenters. The van der Waals surface area contributed by atoms with Crippen LogP contribution in [0.2, 0.25) is 18.1 Å². The predicted octanol–water partition coefficient (Wildman–Crippen LogP) is 6.98. The van der Waals surface area contributed by atoms with Gasteiger partial charge in [0.25, 0.3) is 0 Å². The Morgan fingerprint density at radius 3 is 1.97 bits per heavy atom. The number of hydrogen-bond acceptors (Lipinski definition) is 4. The van der Waals surface area contributed by atoms with Crippen LogP contribution in [0.1, 0.15) is 58.6 Å². The molecule has 4 atom stereocenters. The summed E-state index contributed by atoms with van der Waals surface area (Å²) in [6.45, 7) is 17.8. The van der Waals surface area contributed by atoms with E-state index in [1.807, 2.05) is 12.1 Å². The number of nitrogens with zero attached hydrogens (tertiary/aromatic N) is 1. The van der Waals surface area contributed by atoms with Crippen molar-refractivity contribution in [2.24, 2.45) is 11.8 Å². The average Bonchev–Trinajstić information content (AvgIpc) is 3.31. The lowest BCUT2D eigenvalue weighted by Gasteiger charge is -2.47. The molecule has 0 spiro atoms. The minimum atomic E-state index is -2.22. The van der Waals surface area contributed by atoms with Crippen LogP contribution in [0.15, 0.2) is 60.7 Å². The van der Waals surface area contributed by atoms with Crippen molar-refractivity contribution in [2.75, 3.05) is 6.61 Å². The molecule has 0 bridgehead atoms. The Kier molecular flexibility index (Phi) is 10.1. The molecular formula is C31H47NO4Si. The highest BCUT2D eigenvalue weighted by atomic mass is 28.4. The van der Waals surface area contributed by atoms with Gasteiger partial charge in [0.05, 0.1) is 6.10 Å². The van der Waals surface area contributed by atoms with E-state index in [9.17, 15) is 9.90 Å². The Morgan fingerprint density at radius 1 is 1.03 bits per heavy atom. The van der Waals surface area contributed by atoms with Crippen molar-refractivity contribution in [1.29, 1.82) is 0 Å². The first-order chi connectivity index (χ1) is 17.4. The third-order valence-corrected chi connectivity index (χ3v) is 12.5. The standard InChI is InChI=1S/C31H47NO4Si/c1-23(2)20-27(32(21-24-14-10-8-11-15-24)22-25-16-12-9-13-17-25)28(36-37(6,7)31(3,4)5)26-18-19-35-29(26)30(33)34/h8-17,23,26-29H,18-22H2,1-7H3,(H,33,34)/t26-,27-,28-,29+/m0/s1. The molecular weight excluding hydrogens is 478 g/mol. The molecule has 0 amide bonds. The van der Waals surface area contributed by atoms with Gasteiger partial charge in [0.15, 0.2) is 14.4 Å². The van der Waals surface area contributed by atoms with Crippen molar-refractivity contribution >= 4 is 14.3 Å². The molecule has 204 valence electrons. The van der Waals surface area contributed by atoms with Crippen molar-refractivity contribution in [3.05, 3.63) is 71.8 Å². The number of hydrogen-bond donors (Lipinski definition) is 1. The summed E-state index contributed by atoms with van der Waals surface area (Å²) in [5.74, 6) is -0.646. The van der Waals surface area contributed by atoms with E-state index in [4.69, 9.17) is 9.16 Å².